The van der Waals surface area contributed by atoms with Crippen molar-refractivity contribution in [3.05, 3.63) is 23.3 Å². The number of likely N-dealkylation sites (tertiary alicyclic amines) is 1. The highest BCUT2D eigenvalue weighted by molar-refractivity contribution is 6.59. The molecule has 4 N–H and O–H groups in total. The molecule has 0 aromatic heterocycles. The molecule has 152 valence electrons. The van der Waals surface area contributed by atoms with Crippen LogP contribution in [0.2, 0.25) is 6.32 Å². The first-order chi connectivity index (χ1) is 13.3. The van der Waals surface area contributed by atoms with Crippen LogP contribution in [0.3, 0.4) is 0 Å². The molecule has 28 heavy (non-hydrogen) atoms. The van der Waals surface area contributed by atoms with Crippen LogP contribution in [0.1, 0.15) is 28.8 Å². The second-order valence-electron chi connectivity index (χ2n) is 7.85. The Labute approximate surface area is 162 Å². The number of carboxylic acid groups (broad SMARTS) is 1. The summed E-state index contributed by atoms with van der Waals surface area (Å²) in [7, 11) is 0. The molecule has 0 spiro atoms. The molecular formula is C18H24BN2O7-. The fraction of sp³-hybridized carbons (Fsp3) is 0.556. The average molecular weight is 391 g/mol. The van der Waals surface area contributed by atoms with Crippen molar-refractivity contribution in [1.82, 2.24) is 10.2 Å². The van der Waals surface area contributed by atoms with Crippen LogP contribution in [0, 0.1) is 5.92 Å². The van der Waals surface area contributed by atoms with Crippen molar-refractivity contribution in [2.75, 3.05) is 26.2 Å². The molecule has 10 heteroatoms. The number of benzene rings is 1. The molecule has 2 fully saturated rings. The Kier molecular flexibility index (Phi) is 4.94. The van der Waals surface area contributed by atoms with E-state index in [1.165, 1.54) is 0 Å². The minimum absolute atomic E-state index is 0.0163. The van der Waals surface area contributed by atoms with Gasteiger partial charge in [-0.1, -0.05) is 12.4 Å². The van der Waals surface area contributed by atoms with Gasteiger partial charge in [-0.3, -0.25) is 4.79 Å². The number of aromatic carboxylic acids is 1. The molecule has 0 saturated carbocycles. The third-order valence-corrected chi connectivity index (χ3v) is 5.63. The number of carboxylic acids is 1. The predicted molar refractivity (Wildman–Crippen MR) is 99.3 cm³/mol. The molecule has 1 aromatic carbocycles. The molecule has 3 aliphatic heterocycles. The zero-order valence-electron chi connectivity index (χ0n) is 15.5. The number of hydrogen-bond donors (Lipinski definition) is 4. The number of aryl methyl sites for hydroxylation is 1. The largest absolute Gasteiger partial charge is 0.669 e. The minimum atomic E-state index is -3.07. The quantitative estimate of drug-likeness (QED) is 0.510. The van der Waals surface area contributed by atoms with Gasteiger partial charge in [0.05, 0.1) is 18.8 Å². The number of carbonyl (C=O) groups excluding carboxylic acids is 1. The van der Waals surface area contributed by atoms with Crippen LogP contribution in [-0.4, -0.2) is 71.0 Å². The fourth-order valence-corrected chi connectivity index (χ4v) is 3.99. The zero-order valence-corrected chi connectivity index (χ0v) is 15.5. The van der Waals surface area contributed by atoms with Crippen LogP contribution >= 0.6 is 0 Å². The summed E-state index contributed by atoms with van der Waals surface area (Å²) < 4.78 is 11.0. The van der Waals surface area contributed by atoms with Gasteiger partial charge in [-0.25, -0.2) is 4.79 Å². The van der Waals surface area contributed by atoms with Gasteiger partial charge in [-0.05, 0) is 43.5 Å². The molecule has 0 radical (unpaired) electrons. The van der Waals surface area contributed by atoms with Gasteiger partial charge in [0, 0.05) is 6.42 Å². The van der Waals surface area contributed by atoms with E-state index < -0.39 is 12.7 Å². The number of amides is 1. The van der Waals surface area contributed by atoms with Crippen molar-refractivity contribution in [1.29, 1.82) is 0 Å². The molecule has 4 rings (SSSR count). The molecule has 0 bridgehead atoms. The number of fused-ring (bicyclic) bond motifs is 1. The Hall–Kier alpha value is -2.30. The van der Waals surface area contributed by atoms with Crippen molar-refractivity contribution >= 4 is 18.6 Å². The van der Waals surface area contributed by atoms with Gasteiger partial charge < -0.3 is 34.8 Å². The number of ether oxygens (including phenoxy) is 1. The molecule has 3 aliphatic rings. The Morgan fingerprint density at radius 1 is 1.32 bits per heavy atom. The molecule has 3 heterocycles. The number of nitrogens with zero attached hydrogens (tertiary/aromatic N) is 1. The highest BCUT2D eigenvalue weighted by Gasteiger charge is 2.36. The van der Waals surface area contributed by atoms with E-state index in [0.29, 0.717) is 37.4 Å². The van der Waals surface area contributed by atoms with Gasteiger partial charge in [0.25, 0.3) is 0 Å². The van der Waals surface area contributed by atoms with Gasteiger partial charge in [0.1, 0.15) is 17.4 Å². The summed E-state index contributed by atoms with van der Waals surface area (Å²) >= 11 is 0. The maximum Gasteiger partial charge on any atom is 0.430 e. The van der Waals surface area contributed by atoms with Crippen LogP contribution in [0.25, 0.3) is 0 Å². The van der Waals surface area contributed by atoms with E-state index >= 15 is 0 Å². The van der Waals surface area contributed by atoms with E-state index in [1.54, 1.807) is 17.0 Å². The van der Waals surface area contributed by atoms with Gasteiger partial charge in [-0.15, -0.1) is 0 Å². The van der Waals surface area contributed by atoms with Gasteiger partial charge in [0.15, 0.2) is 0 Å². The summed E-state index contributed by atoms with van der Waals surface area (Å²) in [6.07, 6.45) is 1.55. The molecular weight excluding hydrogens is 367 g/mol. The van der Waals surface area contributed by atoms with E-state index in [2.05, 4.69) is 5.32 Å². The molecule has 1 aromatic rings. The molecule has 2 saturated heterocycles. The van der Waals surface area contributed by atoms with Crippen molar-refractivity contribution in [2.45, 2.75) is 31.7 Å². The monoisotopic (exact) mass is 391 g/mol. The number of nitrogens with one attached hydrogen (secondary N) is 1. The second kappa shape index (κ2) is 7.27. The lowest BCUT2D eigenvalue weighted by Crippen LogP contribution is -2.56. The number of carbonyl (C=O) groups is 2. The van der Waals surface area contributed by atoms with E-state index in [4.69, 9.17) is 9.39 Å². The van der Waals surface area contributed by atoms with Crippen LogP contribution in [0.5, 0.6) is 11.5 Å². The lowest BCUT2D eigenvalue weighted by molar-refractivity contribution is -0.140. The Bertz CT molecular complexity index is 788. The van der Waals surface area contributed by atoms with Crippen molar-refractivity contribution < 1.29 is 34.1 Å². The van der Waals surface area contributed by atoms with Gasteiger partial charge >= 0.3 is 12.7 Å². The van der Waals surface area contributed by atoms with E-state index in [1.807, 2.05) is 0 Å². The molecule has 1 atom stereocenters. The van der Waals surface area contributed by atoms with Crippen LogP contribution in [0.15, 0.2) is 12.1 Å². The smallest absolute Gasteiger partial charge is 0.430 e. The second-order valence-corrected chi connectivity index (χ2v) is 7.85. The number of rotatable bonds is 5. The first-order valence-corrected chi connectivity index (χ1v) is 9.66. The van der Waals surface area contributed by atoms with Crippen molar-refractivity contribution in [2.24, 2.45) is 5.92 Å². The standard InChI is InChI=1S/C18H24BN2O7/c22-15(7-11-4-6-20-8-11)21-9-13(10-21)27-14-2-1-12-3-5-19(25,26)28-17(12)16(14)18(23)24/h1-2,11,13,20,25-26H,3-10H2,(H,23,24)/q-1/t11-/m1/s1. The maximum absolute atomic E-state index is 12.3. The average Bonchev–Trinajstić information content (AvgIpc) is 3.08. The highest BCUT2D eigenvalue weighted by Crippen LogP contribution is 2.39. The first kappa shape index (κ1) is 19.0. The summed E-state index contributed by atoms with van der Waals surface area (Å²) in [5.74, 6) is -0.739. The third-order valence-electron chi connectivity index (χ3n) is 5.63. The summed E-state index contributed by atoms with van der Waals surface area (Å²) in [4.78, 5) is 25.8. The summed E-state index contributed by atoms with van der Waals surface area (Å²) in [5, 5.41) is 32.4. The Balaban J connectivity index is 1.42. The normalized spacial score (nSPS) is 23.5. The molecule has 9 nitrogen and oxygen atoms in total. The van der Waals surface area contributed by atoms with Crippen LogP contribution in [-0.2, 0) is 11.2 Å². The van der Waals surface area contributed by atoms with Crippen LogP contribution in [0.4, 0.5) is 0 Å². The Morgan fingerprint density at radius 3 is 2.79 bits per heavy atom. The lowest BCUT2D eigenvalue weighted by Gasteiger charge is -2.40. The topological polar surface area (TPSA) is 129 Å². The summed E-state index contributed by atoms with van der Waals surface area (Å²) in [6.45, 7) is -0.438. The predicted octanol–water partition coefficient (Wildman–Crippen LogP) is -0.168. The van der Waals surface area contributed by atoms with Gasteiger partial charge in [-0.2, -0.15) is 0 Å². The summed E-state index contributed by atoms with van der Waals surface area (Å²) in [6, 6.07) is 3.24. The van der Waals surface area contributed by atoms with Crippen LogP contribution < -0.4 is 14.7 Å². The maximum atomic E-state index is 12.3. The van der Waals surface area contributed by atoms with E-state index in [9.17, 15) is 24.7 Å². The Morgan fingerprint density at radius 2 is 2.11 bits per heavy atom. The summed E-state index contributed by atoms with van der Waals surface area (Å²) in [5.41, 5.74) is 0.384. The molecule has 1 amide bonds. The minimum Gasteiger partial charge on any atom is -0.669 e. The highest BCUT2D eigenvalue weighted by atomic mass is 16.6. The van der Waals surface area contributed by atoms with Crippen molar-refractivity contribution in [3.63, 3.8) is 0 Å². The third kappa shape index (κ3) is 3.80. The molecule has 0 aliphatic carbocycles. The zero-order chi connectivity index (χ0) is 19.9. The van der Waals surface area contributed by atoms with Gasteiger partial charge in [0.2, 0.25) is 5.91 Å². The number of hydrogen-bond acceptors (Lipinski definition) is 7. The van der Waals surface area contributed by atoms with E-state index in [-0.39, 0.29) is 35.4 Å². The lowest BCUT2D eigenvalue weighted by atomic mass is 9.70. The SMILES string of the molecule is O=C(O)c1c(OC2CN(C(=O)C[C@H]3CCNC3)C2)ccc2c1O[B-](O)(O)CC2. The van der Waals surface area contributed by atoms with Crippen molar-refractivity contribution in [3.8, 4) is 11.5 Å². The van der Waals surface area contributed by atoms with E-state index in [0.717, 1.165) is 19.5 Å². The molecule has 0 unspecified atom stereocenters. The first-order valence-electron chi connectivity index (χ1n) is 9.66. The fourth-order valence-electron chi connectivity index (χ4n) is 3.99.